The van der Waals surface area contributed by atoms with E-state index in [0.29, 0.717) is 14.5 Å². The van der Waals surface area contributed by atoms with Gasteiger partial charge in [0.25, 0.3) is 0 Å². The number of hydrogen-bond donors (Lipinski definition) is 1. The second kappa shape index (κ2) is 6.14. The molecule has 0 aliphatic heterocycles. The van der Waals surface area contributed by atoms with Crippen LogP contribution in [0.3, 0.4) is 0 Å². The number of phenols is 1. The molecule has 22 heavy (non-hydrogen) atoms. The number of hydrogen-bond acceptors (Lipinski definition) is 3. The van der Waals surface area contributed by atoms with Crippen LogP contribution in [0.2, 0.25) is 0 Å². The minimum atomic E-state index is -0.0179. The van der Waals surface area contributed by atoms with Crippen LogP contribution in [-0.2, 0) is 6.42 Å². The number of aromatic hydroxyl groups is 1. The van der Waals surface area contributed by atoms with Crippen molar-refractivity contribution in [2.24, 2.45) is 0 Å². The summed E-state index contributed by atoms with van der Waals surface area (Å²) in [5.74, 6) is 0.0816. The molecule has 1 N–H and O–H groups in total. The van der Waals surface area contributed by atoms with Crippen LogP contribution in [0.4, 0.5) is 0 Å². The Balaban J connectivity index is 2.21. The number of phenolic OH excluding ortho intramolecular Hbond substituents is 1. The lowest BCUT2D eigenvalue weighted by molar-refractivity contribution is 0.104. The van der Waals surface area contributed by atoms with Crippen LogP contribution in [0.25, 0.3) is 10.1 Å². The summed E-state index contributed by atoms with van der Waals surface area (Å²) < 4.78 is 2.13. The van der Waals surface area contributed by atoms with Crippen molar-refractivity contribution in [1.82, 2.24) is 0 Å². The van der Waals surface area contributed by atoms with Crippen LogP contribution in [0.15, 0.2) is 45.3 Å². The van der Waals surface area contributed by atoms with Gasteiger partial charge in [-0.1, -0.05) is 25.1 Å². The van der Waals surface area contributed by atoms with Crippen molar-refractivity contribution in [2.45, 2.75) is 13.3 Å². The van der Waals surface area contributed by atoms with E-state index in [-0.39, 0.29) is 11.5 Å². The summed E-state index contributed by atoms with van der Waals surface area (Å²) in [7, 11) is 0. The molecule has 1 aromatic heterocycles. The summed E-state index contributed by atoms with van der Waals surface area (Å²) >= 11 is 8.23. The van der Waals surface area contributed by atoms with Gasteiger partial charge in [0.05, 0.1) is 8.95 Å². The van der Waals surface area contributed by atoms with Gasteiger partial charge in [0, 0.05) is 26.1 Å². The van der Waals surface area contributed by atoms with E-state index in [1.165, 1.54) is 0 Å². The minimum Gasteiger partial charge on any atom is -0.506 e. The van der Waals surface area contributed by atoms with Crippen LogP contribution in [0.5, 0.6) is 5.75 Å². The van der Waals surface area contributed by atoms with Crippen LogP contribution in [-0.4, -0.2) is 10.9 Å². The van der Waals surface area contributed by atoms with Gasteiger partial charge in [0.2, 0.25) is 0 Å². The normalized spacial score (nSPS) is 11.0. The molecule has 0 amide bonds. The van der Waals surface area contributed by atoms with E-state index in [1.54, 1.807) is 23.5 Å². The van der Waals surface area contributed by atoms with Crippen molar-refractivity contribution in [3.63, 3.8) is 0 Å². The molecular weight excluding hydrogens is 428 g/mol. The van der Waals surface area contributed by atoms with E-state index in [1.807, 2.05) is 24.3 Å². The molecule has 0 saturated carbocycles. The number of thiophene rings is 1. The summed E-state index contributed by atoms with van der Waals surface area (Å²) in [6, 6.07) is 11.3. The molecular formula is C17H12Br2O2S. The average molecular weight is 440 g/mol. The zero-order valence-corrected chi connectivity index (χ0v) is 15.7. The summed E-state index contributed by atoms with van der Waals surface area (Å²) in [5.41, 5.74) is 1.32. The van der Waals surface area contributed by atoms with E-state index < -0.39 is 0 Å². The first kappa shape index (κ1) is 15.7. The predicted octanol–water partition coefficient (Wildman–Crippen LogP) is 5.93. The van der Waals surface area contributed by atoms with Gasteiger partial charge < -0.3 is 5.11 Å². The number of ketones is 1. The first-order valence-electron chi connectivity index (χ1n) is 6.76. The highest BCUT2D eigenvalue weighted by molar-refractivity contribution is 9.11. The van der Waals surface area contributed by atoms with Gasteiger partial charge in [-0.25, -0.2) is 0 Å². The molecule has 3 aromatic rings. The molecule has 112 valence electrons. The van der Waals surface area contributed by atoms with Crippen molar-refractivity contribution in [2.75, 3.05) is 0 Å². The fourth-order valence-corrected chi connectivity index (χ4v) is 4.76. The number of carbonyl (C=O) groups excluding carboxylic acids is 1. The molecule has 5 heteroatoms. The second-order valence-corrected chi connectivity index (χ2v) is 7.71. The molecule has 0 atom stereocenters. The van der Waals surface area contributed by atoms with Crippen LogP contribution < -0.4 is 0 Å². The number of fused-ring (bicyclic) bond motifs is 1. The molecule has 1 heterocycles. The smallest absolute Gasteiger partial charge is 0.194 e. The highest BCUT2D eigenvalue weighted by Crippen LogP contribution is 2.37. The van der Waals surface area contributed by atoms with E-state index in [9.17, 15) is 9.90 Å². The summed E-state index contributed by atoms with van der Waals surface area (Å²) in [5, 5.41) is 10.8. The predicted molar refractivity (Wildman–Crippen MR) is 98.1 cm³/mol. The Hall–Kier alpha value is -1.17. The third kappa shape index (κ3) is 2.62. The Bertz CT molecular complexity index is 860. The van der Waals surface area contributed by atoms with Gasteiger partial charge in [-0.2, -0.15) is 0 Å². The monoisotopic (exact) mass is 438 g/mol. The Morgan fingerprint density at radius 2 is 1.82 bits per heavy atom. The van der Waals surface area contributed by atoms with Crippen LogP contribution in [0.1, 0.15) is 27.7 Å². The van der Waals surface area contributed by atoms with Gasteiger partial charge in [0.15, 0.2) is 5.78 Å². The van der Waals surface area contributed by atoms with E-state index in [2.05, 4.69) is 38.8 Å². The topological polar surface area (TPSA) is 37.3 Å². The summed E-state index contributed by atoms with van der Waals surface area (Å²) in [6.07, 6.45) is 0.820. The van der Waals surface area contributed by atoms with Gasteiger partial charge in [-0.3, -0.25) is 4.79 Å². The molecule has 2 nitrogen and oxygen atoms in total. The van der Waals surface area contributed by atoms with Crippen molar-refractivity contribution < 1.29 is 9.90 Å². The average Bonchev–Trinajstić information content (AvgIpc) is 2.89. The molecule has 0 fully saturated rings. The van der Waals surface area contributed by atoms with Crippen LogP contribution in [0, 0.1) is 0 Å². The standard InChI is InChI=1S/C17H12Br2O2S/c1-2-13-15(10-5-3-4-6-14(10)22-13)16(20)9-7-11(18)17(21)12(19)8-9/h3-8,21H,2H2,1H3. The lowest BCUT2D eigenvalue weighted by Gasteiger charge is -2.07. The molecule has 0 bridgehead atoms. The maximum atomic E-state index is 13.0. The lowest BCUT2D eigenvalue weighted by atomic mass is 9.99. The van der Waals surface area contributed by atoms with Crippen molar-refractivity contribution in [3.8, 4) is 5.75 Å². The second-order valence-electron chi connectivity index (χ2n) is 4.87. The Kier molecular flexibility index (Phi) is 4.39. The molecule has 0 unspecified atom stereocenters. The van der Waals surface area contributed by atoms with E-state index >= 15 is 0 Å². The Morgan fingerprint density at radius 1 is 1.18 bits per heavy atom. The highest BCUT2D eigenvalue weighted by Gasteiger charge is 2.20. The maximum Gasteiger partial charge on any atom is 0.194 e. The largest absolute Gasteiger partial charge is 0.506 e. The fraction of sp³-hybridized carbons (Fsp3) is 0.118. The Morgan fingerprint density at radius 3 is 2.45 bits per heavy atom. The van der Waals surface area contributed by atoms with Crippen LogP contribution >= 0.6 is 43.2 Å². The lowest BCUT2D eigenvalue weighted by Crippen LogP contribution is -2.03. The van der Waals surface area contributed by atoms with Gasteiger partial charge in [-0.15, -0.1) is 11.3 Å². The van der Waals surface area contributed by atoms with Gasteiger partial charge in [0.1, 0.15) is 5.75 Å². The molecule has 0 spiro atoms. The zero-order valence-electron chi connectivity index (χ0n) is 11.7. The number of rotatable bonds is 3. The van der Waals surface area contributed by atoms with E-state index in [4.69, 9.17) is 0 Å². The number of aryl methyl sites for hydroxylation is 1. The first-order valence-corrected chi connectivity index (χ1v) is 9.16. The third-order valence-corrected chi connectivity index (χ3v) is 6.02. The first-order chi connectivity index (χ1) is 10.5. The number of carbonyl (C=O) groups is 1. The summed E-state index contributed by atoms with van der Waals surface area (Å²) in [4.78, 5) is 14.1. The molecule has 0 aliphatic carbocycles. The number of halogens is 2. The molecule has 0 saturated heterocycles. The third-order valence-electron chi connectivity index (χ3n) is 3.50. The molecule has 3 rings (SSSR count). The van der Waals surface area contributed by atoms with Gasteiger partial charge in [-0.05, 0) is 56.5 Å². The SMILES string of the molecule is CCc1sc2ccccc2c1C(=O)c1cc(Br)c(O)c(Br)c1. The number of benzene rings is 2. The zero-order chi connectivity index (χ0) is 15.9. The highest BCUT2D eigenvalue weighted by atomic mass is 79.9. The minimum absolute atomic E-state index is 0.0179. The van der Waals surface area contributed by atoms with Crippen molar-refractivity contribution >= 4 is 59.1 Å². The quantitative estimate of drug-likeness (QED) is 0.513. The van der Waals surface area contributed by atoms with Gasteiger partial charge >= 0.3 is 0 Å². The van der Waals surface area contributed by atoms with Crippen molar-refractivity contribution in [1.29, 1.82) is 0 Å². The fourth-order valence-electron chi connectivity index (χ4n) is 2.43. The molecule has 0 radical (unpaired) electrons. The molecule has 2 aromatic carbocycles. The summed E-state index contributed by atoms with van der Waals surface area (Å²) in [6.45, 7) is 2.06. The maximum absolute atomic E-state index is 13.0. The Labute approximate surface area is 149 Å². The van der Waals surface area contributed by atoms with Crippen molar-refractivity contribution in [3.05, 3.63) is 61.3 Å². The van der Waals surface area contributed by atoms with E-state index in [0.717, 1.165) is 26.9 Å². The molecule has 0 aliphatic rings.